The van der Waals surface area contributed by atoms with Crippen LogP contribution < -0.4 is 5.32 Å². The summed E-state index contributed by atoms with van der Waals surface area (Å²) in [5.74, 6) is 0.551. The Bertz CT molecular complexity index is 434. The third kappa shape index (κ3) is 5.74. The number of halogens is 3. The molecule has 2 atom stereocenters. The Labute approximate surface area is 113 Å². The van der Waals surface area contributed by atoms with Gasteiger partial charge in [0.2, 0.25) is 0 Å². The lowest BCUT2D eigenvalue weighted by Gasteiger charge is -2.16. The minimum atomic E-state index is -4.33. The van der Waals surface area contributed by atoms with Crippen LogP contribution in [0.1, 0.15) is 24.5 Å². The Morgan fingerprint density at radius 3 is 2.53 bits per heavy atom. The van der Waals surface area contributed by atoms with Crippen molar-refractivity contribution in [2.45, 2.75) is 32.1 Å². The second-order valence-electron chi connectivity index (χ2n) is 4.50. The second-order valence-corrected chi connectivity index (χ2v) is 6.06. The van der Waals surface area contributed by atoms with Crippen LogP contribution in [0.4, 0.5) is 13.2 Å². The molecule has 6 heteroatoms. The van der Waals surface area contributed by atoms with E-state index in [-0.39, 0.29) is 18.2 Å². The van der Waals surface area contributed by atoms with Crippen molar-refractivity contribution < 1.29 is 17.4 Å². The SMILES string of the molecule is CC(CCS(C)=O)NCc1ccccc1C(F)(F)F. The van der Waals surface area contributed by atoms with Crippen LogP contribution in [0, 0.1) is 0 Å². The first-order valence-corrected chi connectivity index (χ1v) is 7.72. The van der Waals surface area contributed by atoms with Crippen molar-refractivity contribution in [3.8, 4) is 0 Å². The molecule has 0 saturated carbocycles. The highest BCUT2D eigenvalue weighted by atomic mass is 32.2. The highest BCUT2D eigenvalue weighted by Crippen LogP contribution is 2.31. The van der Waals surface area contributed by atoms with E-state index in [4.69, 9.17) is 0 Å². The van der Waals surface area contributed by atoms with Crippen molar-refractivity contribution in [3.63, 3.8) is 0 Å². The summed E-state index contributed by atoms with van der Waals surface area (Å²) >= 11 is 0. The van der Waals surface area contributed by atoms with Gasteiger partial charge in [-0.3, -0.25) is 4.21 Å². The molecule has 0 bridgehead atoms. The van der Waals surface area contributed by atoms with Crippen LogP contribution in [-0.2, 0) is 23.5 Å². The summed E-state index contributed by atoms with van der Waals surface area (Å²) < 4.78 is 49.2. The Hall–Kier alpha value is -0.880. The van der Waals surface area contributed by atoms with Gasteiger partial charge in [-0.15, -0.1) is 0 Å². The lowest BCUT2D eigenvalue weighted by molar-refractivity contribution is -0.138. The van der Waals surface area contributed by atoms with Gasteiger partial charge in [0.15, 0.2) is 0 Å². The molecule has 2 nitrogen and oxygen atoms in total. The first kappa shape index (κ1) is 16.2. The van der Waals surface area contributed by atoms with Crippen LogP contribution in [0.15, 0.2) is 24.3 Å². The molecule has 0 fully saturated rings. The topological polar surface area (TPSA) is 29.1 Å². The maximum Gasteiger partial charge on any atom is 0.416 e. The summed E-state index contributed by atoms with van der Waals surface area (Å²) in [6, 6.07) is 5.57. The zero-order chi connectivity index (χ0) is 14.5. The van der Waals surface area contributed by atoms with Gasteiger partial charge in [-0.1, -0.05) is 18.2 Å². The van der Waals surface area contributed by atoms with E-state index in [9.17, 15) is 17.4 Å². The summed E-state index contributed by atoms with van der Waals surface area (Å²) in [5.41, 5.74) is -0.367. The standard InChI is InChI=1S/C13H18F3NOS/c1-10(7-8-19(2)18)17-9-11-5-3-4-6-12(11)13(14,15)16/h3-6,10,17H,7-9H2,1-2H3. The Morgan fingerprint density at radius 1 is 1.32 bits per heavy atom. The van der Waals surface area contributed by atoms with Gasteiger partial charge in [-0.25, -0.2) is 0 Å². The molecule has 0 aromatic heterocycles. The van der Waals surface area contributed by atoms with Gasteiger partial charge in [0.05, 0.1) is 5.56 Å². The molecule has 0 amide bonds. The van der Waals surface area contributed by atoms with Gasteiger partial charge >= 0.3 is 6.18 Å². The van der Waals surface area contributed by atoms with Gasteiger partial charge in [0.1, 0.15) is 0 Å². The van der Waals surface area contributed by atoms with Gasteiger partial charge in [0.25, 0.3) is 0 Å². The maximum atomic E-state index is 12.8. The van der Waals surface area contributed by atoms with Crippen molar-refractivity contribution in [2.75, 3.05) is 12.0 Å². The van der Waals surface area contributed by atoms with Crippen LogP contribution in [0.5, 0.6) is 0 Å². The molecule has 1 rings (SSSR count). The largest absolute Gasteiger partial charge is 0.416 e. The molecular formula is C13H18F3NOS. The van der Waals surface area contributed by atoms with E-state index >= 15 is 0 Å². The zero-order valence-corrected chi connectivity index (χ0v) is 11.8. The third-order valence-corrected chi connectivity index (χ3v) is 3.61. The molecule has 0 aliphatic heterocycles. The summed E-state index contributed by atoms with van der Waals surface area (Å²) in [7, 11) is -0.873. The summed E-state index contributed by atoms with van der Waals surface area (Å²) in [4.78, 5) is 0. The number of benzene rings is 1. The molecule has 2 unspecified atom stereocenters. The van der Waals surface area contributed by atoms with Crippen LogP contribution >= 0.6 is 0 Å². The van der Waals surface area contributed by atoms with Crippen molar-refractivity contribution in [1.29, 1.82) is 0 Å². The molecule has 0 radical (unpaired) electrons. The van der Waals surface area contributed by atoms with Gasteiger partial charge < -0.3 is 5.32 Å². The lowest BCUT2D eigenvalue weighted by Crippen LogP contribution is -2.28. The maximum absolute atomic E-state index is 12.8. The van der Waals surface area contributed by atoms with E-state index in [1.54, 1.807) is 12.3 Å². The van der Waals surface area contributed by atoms with Crippen LogP contribution in [0.25, 0.3) is 0 Å². The van der Waals surface area contributed by atoms with Gasteiger partial charge in [-0.2, -0.15) is 13.2 Å². The number of hydrogen-bond donors (Lipinski definition) is 1. The predicted octanol–water partition coefficient (Wildman–Crippen LogP) is 2.95. The van der Waals surface area contributed by atoms with Crippen LogP contribution in [-0.4, -0.2) is 22.3 Å². The van der Waals surface area contributed by atoms with Gasteiger partial charge in [0, 0.05) is 35.4 Å². The van der Waals surface area contributed by atoms with Crippen molar-refractivity contribution >= 4 is 10.8 Å². The van der Waals surface area contributed by atoms with E-state index in [0.717, 1.165) is 6.07 Å². The average molecular weight is 293 g/mol. The zero-order valence-electron chi connectivity index (χ0n) is 11.0. The van der Waals surface area contributed by atoms with Crippen molar-refractivity contribution in [1.82, 2.24) is 5.32 Å². The number of nitrogens with one attached hydrogen (secondary N) is 1. The van der Waals surface area contributed by atoms with E-state index in [1.807, 2.05) is 6.92 Å². The molecule has 0 aliphatic carbocycles. The number of hydrogen-bond acceptors (Lipinski definition) is 2. The molecule has 0 spiro atoms. The summed E-state index contributed by atoms with van der Waals surface area (Å²) in [6.45, 7) is 2.04. The third-order valence-electron chi connectivity index (χ3n) is 2.80. The van der Waals surface area contributed by atoms with Crippen molar-refractivity contribution in [3.05, 3.63) is 35.4 Å². The summed E-state index contributed by atoms with van der Waals surface area (Å²) in [5, 5.41) is 3.03. The van der Waals surface area contributed by atoms with E-state index in [2.05, 4.69) is 5.32 Å². The molecule has 1 aromatic carbocycles. The van der Waals surface area contributed by atoms with Crippen LogP contribution in [0.3, 0.4) is 0 Å². The Morgan fingerprint density at radius 2 is 1.95 bits per heavy atom. The molecular weight excluding hydrogens is 275 g/mol. The van der Waals surface area contributed by atoms with Crippen molar-refractivity contribution in [2.24, 2.45) is 0 Å². The fourth-order valence-electron chi connectivity index (χ4n) is 1.68. The monoisotopic (exact) mass is 293 g/mol. The van der Waals surface area contributed by atoms with Gasteiger partial charge in [-0.05, 0) is 25.0 Å². The molecule has 19 heavy (non-hydrogen) atoms. The minimum Gasteiger partial charge on any atom is -0.310 e. The highest BCUT2D eigenvalue weighted by Gasteiger charge is 2.32. The van der Waals surface area contributed by atoms with E-state index < -0.39 is 22.5 Å². The smallest absolute Gasteiger partial charge is 0.310 e. The molecule has 1 N–H and O–H groups in total. The quantitative estimate of drug-likeness (QED) is 0.873. The average Bonchev–Trinajstić information content (AvgIpc) is 2.33. The second kappa shape index (κ2) is 7.05. The fraction of sp³-hybridized carbons (Fsp3) is 0.538. The molecule has 0 saturated heterocycles. The molecule has 0 heterocycles. The Kier molecular flexibility index (Phi) is 6.00. The lowest BCUT2D eigenvalue weighted by atomic mass is 10.1. The highest BCUT2D eigenvalue weighted by molar-refractivity contribution is 7.84. The predicted molar refractivity (Wildman–Crippen MR) is 71.3 cm³/mol. The van der Waals surface area contributed by atoms with E-state index in [1.165, 1.54) is 12.1 Å². The first-order valence-electron chi connectivity index (χ1n) is 5.99. The molecule has 0 aliphatic rings. The minimum absolute atomic E-state index is 0.0326. The molecule has 1 aromatic rings. The summed E-state index contributed by atoms with van der Waals surface area (Å²) in [6.07, 6.45) is -2.03. The fourth-order valence-corrected chi connectivity index (χ4v) is 2.37. The van der Waals surface area contributed by atoms with Crippen LogP contribution in [0.2, 0.25) is 0 Å². The number of rotatable bonds is 6. The number of alkyl halides is 3. The molecule has 108 valence electrons. The normalized spacial score (nSPS) is 15.2. The van der Waals surface area contributed by atoms with E-state index in [0.29, 0.717) is 12.2 Å². The Balaban J connectivity index is 2.60. The first-order chi connectivity index (χ1) is 8.80.